The van der Waals surface area contributed by atoms with Gasteiger partial charge in [-0.25, -0.2) is 0 Å². The van der Waals surface area contributed by atoms with Crippen molar-refractivity contribution >= 4 is 77.0 Å². The van der Waals surface area contributed by atoms with Crippen molar-refractivity contribution in [3.63, 3.8) is 0 Å². The van der Waals surface area contributed by atoms with Crippen molar-refractivity contribution in [2.45, 2.75) is 57.8 Å². The first-order chi connectivity index (χ1) is 33.9. The monoisotopic (exact) mass is 903 g/mol. The number of anilines is 3. The molecule has 0 amide bonds. The number of aromatic nitrogens is 2. The normalized spacial score (nSPS) is 14.1. The van der Waals surface area contributed by atoms with Gasteiger partial charge in [-0.2, -0.15) is 0 Å². The van der Waals surface area contributed by atoms with Crippen LogP contribution in [0.15, 0.2) is 198 Å². The summed E-state index contributed by atoms with van der Waals surface area (Å²) in [5, 5.41) is 4.46. The number of hydrogen-bond acceptors (Lipinski definition) is 3. The van der Waals surface area contributed by atoms with Gasteiger partial charge in [0.1, 0.15) is 0 Å². The first-order valence-corrected chi connectivity index (χ1v) is 24.4. The molecular formula is C65H49N3O2. The Bertz CT molecular complexity index is 4170. The SMILES string of the molecule is CC(C)(C)c1ccc2c(c1)c(=O)c1cc(-n3c4ccccc4c4cccc(N5c6ccccc6C6(c7ccccc7-c7ccccc76)c6ccccc65)c43)cc3c(=O)c4cc(C(C)(C)C)ccc4n2c13. The van der Waals surface area contributed by atoms with Crippen LogP contribution in [0.3, 0.4) is 0 Å². The van der Waals surface area contributed by atoms with E-state index in [4.69, 9.17) is 0 Å². The molecule has 0 fully saturated rings. The van der Waals surface area contributed by atoms with Crippen molar-refractivity contribution in [1.29, 1.82) is 0 Å². The third-order valence-electron chi connectivity index (χ3n) is 15.7. The lowest BCUT2D eigenvalue weighted by atomic mass is 9.64. The van der Waals surface area contributed by atoms with Crippen molar-refractivity contribution in [2.75, 3.05) is 4.90 Å². The Balaban J connectivity index is 1.12. The summed E-state index contributed by atoms with van der Waals surface area (Å²) in [6, 6.07) is 67.4. The van der Waals surface area contributed by atoms with E-state index in [-0.39, 0.29) is 21.7 Å². The molecule has 5 heteroatoms. The average molecular weight is 904 g/mol. The quantitative estimate of drug-likeness (QED) is 0.128. The highest BCUT2D eigenvalue weighted by atomic mass is 16.1. The molecule has 0 unspecified atom stereocenters. The van der Waals surface area contributed by atoms with E-state index in [0.29, 0.717) is 27.1 Å². The Morgan fingerprint density at radius 1 is 0.371 bits per heavy atom. The van der Waals surface area contributed by atoms with Crippen LogP contribution in [-0.2, 0) is 16.2 Å². The lowest BCUT2D eigenvalue weighted by molar-refractivity contribution is 0.591. The van der Waals surface area contributed by atoms with Gasteiger partial charge in [0.25, 0.3) is 0 Å². The van der Waals surface area contributed by atoms with Crippen LogP contribution in [0.2, 0.25) is 0 Å². The molecule has 14 rings (SSSR count). The van der Waals surface area contributed by atoms with Gasteiger partial charge < -0.3 is 13.9 Å². The fourth-order valence-electron chi connectivity index (χ4n) is 12.5. The second-order valence-electron chi connectivity index (χ2n) is 21.6. The Morgan fingerprint density at radius 3 is 1.37 bits per heavy atom. The zero-order valence-corrected chi connectivity index (χ0v) is 40.1. The van der Waals surface area contributed by atoms with Gasteiger partial charge in [-0.1, -0.05) is 169 Å². The number of nitrogens with zero attached hydrogens (tertiary/aromatic N) is 3. The van der Waals surface area contributed by atoms with Gasteiger partial charge >= 0.3 is 0 Å². The molecule has 4 heterocycles. The minimum atomic E-state index is -0.558. The van der Waals surface area contributed by atoms with E-state index in [1.807, 2.05) is 12.1 Å². The lowest BCUT2D eigenvalue weighted by Crippen LogP contribution is -2.36. The second-order valence-corrected chi connectivity index (χ2v) is 21.6. The van der Waals surface area contributed by atoms with E-state index in [2.05, 4.69) is 231 Å². The van der Waals surface area contributed by atoms with Crippen LogP contribution in [0, 0.1) is 0 Å². The van der Waals surface area contributed by atoms with Crippen LogP contribution in [0.5, 0.6) is 0 Å². The van der Waals surface area contributed by atoms with Crippen molar-refractivity contribution in [2.24, 2.45) is 0 Å². The van der Waals surface area contributed by atoms with Crippen LogP contribution in [0.4, 0.5) is 17.1 Å². The van der Waals surface area contributed by atoms with Crippen molar-refractivity contribution in [3.8, 4) is 16.8 Å². The first-order valence-electron chi connectivity index (χ1n) is 24.4. The lowest BCUT2D eigenvalue weighted by Gasteiger charge is -2.45. The number of rotatable bonds is 2. The van der Waals surface area contributed by atoms with E-state index in [9.17, 15) is 0 Å². The van der Waals surface area contributed by atoms with Crippen LogP contribution >= 0.6 is 0 Å². The molecule has 336 valence electrons. The Labute approximate surface area is 405 Å². The molecule has 0 saturated heterocycles. The van der Waals surface area contributed by atoms with Gasteiger partial charge in [0.2, 0.25) is 0 Å². The maximum absolute atomic E-state index is 15.4. The molecule has 1 spiro atoms. The third-order valence-corrected chi connectivity index (χ3v) is 15.7. The molecule has 1 aliphatic heterocycles. The summed E-state index contributed by atoms with van der Waals surface area (Å²) in [5.41, 5.74) is 16.7. The van der Waals surface area contributed by atoms with Gasteiger partial charge in [-0.15, -0.1) is 0 Å². The third kappa shape index (κ3) is 5.21. The van der Waals surface area contributed by atoms with Gasteiger partial charge in [-0.3, -0.25) is 9.59 Å². The van der Waals surface area contributed by atoms with E-state index in [1.54, 1.807) is 0 Å². The van der Waals surface area contributed by atoms with Crippen molar-refractivity contribution < 1.29 is 0 Å². The van der Waals surface area contributed by atoms with Crippen LogP contribution in [-0.4, -0.2) is 8.97 Å². The minimum Gasteiger partial charge on any atom is -0.308 e. The second kappa shape index (κ2) is 13.9. The highest BCUT2D eigenvalue weighted by Crippen LogP contribution is 2.63. The molecule has 5 nitrogen and oxygen atoms in total. The highest BCUT2D eigenvalue weighted by Gasteiger charge is 2.51. The van der Waals surface area contributed by atoms with E-state index >= 15 is 9.59 Å². The number of para-hydroxylation sites is 4. The maximum Gasteiger partial charge on any atom is 0.197 e. The van der Waals surface area contributed by atoms with Crippen LogP contribution in [0.1, 0.15) is 74.9 Å². The molecule has 0 atom stereocenters. The molecule has 3 aromatic heterocycles. The average Bonchev–Trinajstić information content (AvgIpc) is 3.87. The van der Waals surface area contributed by atoms with Crippen molar-refractivity contribution in [1.82, 2.24) is 8.97 Å². The number of pyridine rings is 2. The molecule has 2 aliphatic rings. The van der Waals surface area contributed by atoms with Gasteiger partial charge in [0.05, 0.1) is 50.1 Å². The summed E-state index contributed by atoms with van der Waals surface area (Å²) in [7, 11) is 0. The molecule has 12 aromatic rings. The summed E-state index contributed by atoms with van der Waals surface area (Å²) in [6.45, 7) is 13.1. The Kier molecular flexibility index (Phi) is 8.11. The van der Waals surface area contributed by atoms with Crippen LogP contribution in [0.25, 0.3) is 76.7 Å². The maximum atomic E-state index is 15.4. The molecule has 70 heavy (non-hydrogen) atoms. The number of fused-ring (bicyclic) bond motifs is 16. The standard InChI is InChI=1S/C65H49N3O2/c1-63(2,3)38-30-32-54-45(34-38)61(69)47-36-40(37-48-59(47)68(54)55-33-31-39(64(4,5)6)35-46(55)62(48)70)66-53-26-14-9-20-43(53)44-21-17-29-58(60(44)66)67-56-27-15-12-24-51(56)65(52-25-13-16-28-57(52)67)49-22-10-7-18-41(49)42-19-8-11-23-50(42)65/h7-37H,1-6H3. The van der Waals surface area contributed by atoms with E-state index < -0.39 is 5.41 Å². The minimum absolute atomic E-state index is 0.0830. The largest absolute Gasteiger partial charge is 0.308 e. The summed E-state index contributed by atoms with van der Waals surface area (Å²) in [6.07, 6.45) is 0. The summed E-state index contributed by atoms with van der Waals surface area (Å²) >= 11 is 0. The van der Waals surface area contributed by atoms with Gasteiger partial charge in [0, 0.05) is 38.0 Å². The summed E-state index contributed by atoms with van der Waals surface area (Å²) in [5.74, 6) is 0. The predicted octanol–water partition coefficient (Wildman–Crippen LogP) is 15.4. The smallest absolute Gasteiger partial charge is 0.197 e. The summed E-state index contributed by atoms with van der Waals surface area (Å²) < 4.78 is 4.48. The topological polar surface area (TPSA) is 46.7 Å². The predicted molar refractivity (Wildman–Crippen MR) is 291 cm³/mol. The van der Waals surface area contributed by atoms with Crippen LogP contribution < -0.4 is 15.8 Å². The van der Waals surface area contributed by atoms with E-state index in [1.165, 1.54) is 33.4 Å². The Hall–Kier alpha value is -8.28. The molecule has 0 saturated carbocycles. The highest BCUT2D eigenvalue weighted by molar-refractivity contribution is 6.16. The van der Waals surface area contributed by atoms with Gasteiger partial charge in [-0.05, 0) is 116 Å². The summed E-state index contributed by atoms with van der Waals surface area (Å²) in [4.78, 5) is 33.3. The Morgan fingerprint density at radius 2 is 0.829 bits per heavy atom. The molecule has 1 aliphatic carbocycles. The fourth-order valence-corrected chi connectivity index (χ4v) is 12.5. The van der Waals surface area contributed by atoms with Gasteiger partial charge in [0.15, 0.2) is 10.9 Å². The fraction of sp³-hybridized carbons (Fsp3) is 0.138. The zero-order chi connectivity index (χ0) is 47.6. The number of benzene rings is 9. The molecule has 9 aromatic carbocycles. The molecular weight excluding hydrogens is 855 g/mol. The van der Waals surface area contributed by atoms with Crippen molar-refractivity contribution in [3.05, 3.63) is 242 Å². The molecule has 0 bridgehead atoms. The molecule has 0 radical (unpaired) electrons. The van der Waals surface area contributed by atoms with E-state index in [0.717, 1.165) is 66.7 Å². The zero-order valence-electron chi connectivity index (χ0n) is 40.1. The number of hydrogen-bond donors (Lipinski definition) is 0. The molecule has 0 N–H and O–H groups in total. The first kappa shape index (κ1) is 40.8.